The maximum atomic E-state index is 13.1. The Balaban J connectivity index is 1.78. The van der Waals surface area contributed by atoms with Gasteiger partial charge in [0.1, 0.15) is 5.01 Å². The summed E-state index contributed by atoms with van der Waals surface area (Å²) in [5.41, 5.74) is 4.31. The van der Waals surface area contributed by atoms with Crippen LogP contribution in [-0.4, -0.2) is 42.2 Å². The zero-order valence-corrected chi connectivity index (χ0v) is 23.6. The minimum Gasteiger partial charge on any atom is -0.490 e. The molecule has 1 N–H and O–H groups in total. The molecule has 2 heterocycles. The second kappa shape index (κ2) is 12.1. The lowest BCUT2D eigenvalue weighted by molar-refractivity contribution is -0.385. The van der Waals surface area contributed by atoms with E-state index in [4.69, 9.17) is 19.2 Å². The normalized spacial score (nSPS) is 13.6. The van der Waals surface area contributed by atoms with Gasteiger partial charge in [-0.2, -0.15) is 0 Å². The molecule has 208 valence electrons. The molecule has 0 saturated heterocycles. The number of allylic oxidation sites excluding steroid dienone is 2. The first-order valence-electron chi connectivity index (χ1n) is 12.6. The Bertz CT molecular complexity index is 1500. The molecule has 11 heteroatoms. The number of methoxy groups -OCH3 is 1. The Morgan fingerprint density at radius 1 is 1.00 bits per heavy atom. The highest BCUT2D eigenvalue weighted by molar-refractivity contribution is 7.13. The summed E-state index contributed by atoms with van der Waals surface area (Å²) in [6.45, 7) is 7.37. The molecule has 0 amide bonds. The molecule has 1 aliphatic heterocycles. The fourth-order valence-corrected chi connectivity index (χ4v) is 5.49. The molecule has 0 unspecified atom stereocenters. The van der Waals surface area contributed by atoms with Gasteiger partial charge < -0.3 is 19.5 Å². The van der Waals surface area contributed by atoms with E-state index in [0.717, 1.165) is 5.56 Å². The van der Waals surface area contributed by atoms with Gasteiger partial charge in [0.15, 0.2) is 5.75 Å². The minimum atomic E-state index is -0.719. The van der Waals surface area contributed by atoms with Crippen molar-refractivity contribution in [3.63, 3.8) is 0 Å². The molecule has 1 aromatic heterocycles. The van der Waals surface area contributed by atoms with Gasteiger partial charge in [0.05, 0.1) is 48.0 Å². The highest BCUT2D eigenvalue weighted by atomic mass is 32.1. The highest BCUT2D eigenvalue weighted by Crippen LogP contribution is 2.41. The molecule has 0 saturated carbocycles. The third-order valence-corrected chi connectivity index (χ3v) is 7.28. The molecular weight excluding hydrogens is 534 g/mol. The summed E-state index contributed by atoms with van der Waals surface area (Å²) in [5, 5.41) is 17.1. The van der Waals surface area contributed by atoms with Gasteiger partial charge in [-0.25, -0.2) is 14.6 Å². The van der Waals surface area contributed by atoms with Gasteiger partial charge in [0, 0.05) is 34.0 Å². The molecule has 0 fully saturated rings. The lowest BCUT2D eigenvalue weighted by Crippen LogP contribution is -2.32. The largest absolute Gasteiger partial charge is 0.490 e. The van der Waals surface area contributed by atoms with Gasteiger partial charge in [-0.15, -0.1) is 11.3 Å². The summed E-state index contributed by atoms with van der Waals surface area (Å²) in [6.07, 6.45) is 0. The van der Waals surface area contributed by atoms with Crippen LogP contribution in [0.25, 0.3) is 21.8 Å². The summed E-state index contributed by atoms with van der Waals surface area (Å²) in [7, 11) is 1.38. The van der Waals surface area contributed by atoms with E-state index in [2.05, 4.69) is 5.32 Å². The van der Waals surface area contributed by atoms with Crippen molar-refractivity contribution in [2.75, 3.05) is 20.3 Å². The lowest BCUT2D eigenvalue weighted by atomic mass is 9.80. The number of ether oxygens (including phenoxy) is 3. The van der Waals surface area contributed by atoms with Crippen molar-refractivity contribution in [1.29, 1.82) is 0 Å². The predicted octanol–water partition coefficient (Wildman–Crippen LogP) is 5.75. The number of nitrogens with one attached hydrogen (secondary N) is 1. The van der Waals surface area contributed by atoms with Crippen LogP contribution in [0.5, 0.6) is 5.75 Å². The van der Waals surface area contributed by atoms with Gasteiger partial charge in [0.2, 0.25) is 0 Å². The Morgan fingerprint density at radius 3 is 2.23 bits per heavy atom. The monoisotopic (exact) mass is 563 g/mol. The van der Waals surface area contributed by atoms with E-state index in [-0.39, 0.29) is 24.7 Å². The predicted molar refractivity (Wildman–Crippen MR) is 151 cm³/mol. The van der Waals surface area contributed by atoms with Crippen molar-refractivity contribution in [3.8, 4) is 27.6 Å². The second-order valence-corrected chi connectivity index (χ2v) is 9.74. The van der Waals surface area contributed by atoms with E-state index >= 15 is 0 Å². The van der Waals surface area contributed by atoms with Crippen molar-refractivity contribution in [2.45, 2.75) is 33.6 Å². The van der Waals surface area contributed by atoms with Gasteiger partial charge in [-0.05, 0) is 51.5 Å². The van der Waals surface area contributed by atoms with Crippen molar-refractivity contribution < 1.29 is 28.7 Å². The van der Waals surface area contributed by atoms with Crippen molar-refractivity contribution >= 4 is 29.0 Å². The number of hydrogen-bond donors (Lipinski definition) is 1. The molecule has 2 aromatic carbocycles. The lowest BCUT2D eigenvalue weighted by Gasteiger charge is -2.30. The average Bonchev–Trinajstić information content (AvgIpc) is 3.43. The van der Waals surface area contributed by atoms with E-state index in [1.807, 2.05) is 29.6 Å². The van der Waals surface area contributed by atoms with Crippen LogP contribution in [0.2, 0.25) is 0 Å². The summed E-state index contributed by atoms with van der Waals surface area (Å²) < 4.78 is 15.8. The maximum absolute atomic E-state index is 13.1. The molecule has 40 heavy (non-hydrogen) atoms. The summed E-state index contributed by atoms with van der Waals surface area (Å²) in [4.78, 5) is 41.9. The van der Waals surface area contributed by atoms with E-state index in [0.29, 0.717) is 44.4 Å². The van der Waals surface area contributed by atoms with Crippen LogP contribution in [0, 0.1) is 10.1 Å². The number of carbonyl (C=O) groups is 2. The van der Waals surface area contributed by atoms with E-state index in [1.54, 1.807) is 39.8 Å². The van der Waals surface area contributed by atoms with Crippen LogP contribution in [0.15, 0.2) is 70.4 Å². The van der Waals surface area contributed by atoms with Crippen LogP contribution in [0.3, 0.4) is 0 Å². The zero-order chi connectivity index (χ0) is 29.0. The summed E-state index contributed by atoms with van der Waals surface area (Å²) in [5.74, 6) is -1.59. The Labute approximate surface area is 235 Å². The van der Waals surface area contributed by atoms with E-state index < -0.39 is 22.8 Å². The highest BCUT2D eigenvalue weighted by Gasteiger charge is 2.38. The average molecular weight is 564 g/mol. The molecule has 10 nitrogen and oxygen atoms in total. The number of aromatic nitrogens is 1. The van der Waals surface area contributed by atoms with E-state index in [1.165, 1.54) is 24.5 Å². The second-order valence-electron chi connectivity index (χ2n) is 8.88. The molecule has 1 aliphatic rings. The van der Waals surface area contributed by atoms with Crippen LogP contribution in [-0.2, 0) is 19.1 Å². The Hall–Kier alpha value is -4.51. The molecular formula is C29H29N3O7S. The molecule has 3 aromatic rings. The fourth-order valence-electron chi connectivity index (χ4n) is 4.67. The Morgan fingerprint density at radius 2 is 1.65 bits per heavy atom. The fraction of sp³-hybridized carbons (Fsp3) is 0.276. The van der Waals surface area contributed by atoms with Crippen LogP contribution >= 0.6 is 11.3 Å². The maximum Gasteiger partial charge on any atom is 0.336 e. The molecule has 0 bridgehead atoms. The smallest absolute Gasteiger partial charge is 0.336 e. The third-order valence-electron chi connectivity index (χ3n) is 6.39. The topological polar surface area (TPSA) is 130 Å². The quantitative estimate of drug-likeness (QED) is 0.196. The SMILES string of the molecule is CCOC(=O)C1=C(C)NC(C)=C(C(=O)OCC)C1c1cccc(-c2nc(-c3ccc(OC)c([N+](=O)[O-])c3)cs2)c1. The van der Waals surface area contributed by atoms with Gasteiger partial charge in [-0.3, -0.25) is 10.1 Å². The first-order valence-corrected chi connectivity index (χ1v) is 13.5. The first kappa shape index (κ1) is 28.5. The van der Waals surface area contributed by atoms with Crippen LogP contribution < -0.4 is 10.1 Å². The number of thiazole rings is 1. The number of nitrogens with zero attached hydrogens (tertiary/aromatic N) is 2. The molecule has 0 radical (unpaired) electrons. The number of benzene rings is 2. The van der Waals surface area contributed by atoms with Crippen molar-refractivity contribution in [1.82, 2.24) is 10.3 Å². The molecule has 0 aliphatic carbocycles. The number of rotatable bonds is 9. The van der Waals surface area contributed by atoms with Crippen molar-refractivity contribution in [3.05, 3.63) is 86.1 Å². The molecule has 0 spiro atoms. The van der Waals surface area contributed by atoms with Crippen LogP contribution in [0.1, 0.15) is 39.2 Å². The first-order chi connectivity index (χ1) is 19.2. The standard InChI is InChI=1S/C29H29N3O7S/c1-6-38-28(33)24-16(3)30-17(4)25(29(34)39-7-2)26(24)19-9-8-10-20(13-19)27-31-21(15-40-27)18-11-12-23(37-5)22(14-18)32(35)36/h8-15,26,30H,6-7H2,1-5H3. The number of hydrogen-bond acceptors (Lipinski definition) is 10. The molecule has 0 atom stereocenters. The molecule has 4 rings (SSSR count). The van der Waals surface area contributed by atoms with Gasteiger partial charge in [-0.1, -0.05) is 18.2 Å². The van der Waals surface area contributed by atoms with Crippen LogP contribution in [0.4, 0.5) is 5.69 Å². The van der Waals surface area contributed by atoms with Crippen molar-refractivity contribution in [2.24, 2.45) is 0 Å². The summed E-state index contributed by atoms with van der Waals surface area (Å²) in [6, 6.07) is 12.1. The van der Waals surface area contributed by atoms with E-state index in [9.17, 15) is 19.7 Å². The minimum absolute atomic E-state index is 0.148. The number of esters is 2. The Kier molecular flexibility index (Phi) is 8.64. The number of nitro benzene ring substituents is 1. The van der Waals surface area contributed by atoms with Gasteiger partial charge in [0.25, 0.3) is 0 Å². The third kappa shape index (κ3) is 5.59. The zero-order valence-electron chi connectivity index (χ0n) is 22.8. The summed E-state index contributed by atoms with van der Waals surface area (Å²) >= 11 is 1.38. The van der Waals surface area contributed by atoms with Gasteiger partial charge >= 0.3 is 17.6 Å². The number of carbonyl (C=O) groups excluding carboxylic acids is 2. The number of nitro groups is 1. The number of dihydropyridines is 1.